The van der Waals surface area contributed by atoms with Crippen LogP contribution in [0.1, 0.15) is 46.7 Å². The molecule has 1 aromatic heterocycles. The number of hydrogen-bond acceptors (Lipinski definition) is 2. The van der Waals surface area contributed by atoms with Crippen molar-refractivity contribution >= 4 is 5.91 Å². The topological polar surface area (TPSA) is 42.0 Å². The molecule has 0 aliphatic heterocycles. The first kappa shape index (κ1) is 14.7. The average molecular weight is 248 g/mol. The van der Waals surface area contributed by atoms with Crippen molar-refractivity contribution in [1.29, 1.82) is 0 Å². The van der Waals surface area contributed by atoms with Gasteiger partial charge in [0.25, 0.3) is 0 Å². The summed E-state index contributed by atoms with van der Waals surface area (Å²) in [5.74, 6) is 0.0305. The third kappa shape index (κ3) is 5.80. The van der Waals surface area contributed by atoms with E-state index in [4.69, 9.17) is 0 Å². The molecule has 1 amide bonds. The Kier molecular flexibility index (Phi) is 4.49. The number of amides is 1. The van der Waals surface area contributed by atoms with Gasteiger partial charge in [-0.2, -0.15) is 0 Å². The summed E-state index contributed by atoms with van der Waals surface area (Å²) in [5.41, 5.74) is 0.813. The minimum Gasteiger partial charge on any atom is -0.351 e. The van der Waals surface area contributed by atoms with E-state index >= 15 is 0 Å². The second-order valence-corrected chi connectivity index (χ2v) is 6.67. The first-order valence-corrected chi connectivity index (χ1v) is 6.39. The summed E-state index contributed by atoms with van der Waals surface area (Å²) >= 11 is 0. The monoisotopic (exact) mass is 248 g/mol. The standard InChI is InChI=1S/C15H24N2O/c1-14(2,3)11-15(4,5)17-13(18)10-12-8-6-7-9-16-12/h6-9H,10-11H2,1-5H3,(H,17,18). The fourth-order valence-corrected chi connectivity index (χ4v) is 2.46. The number of aromatic nitrogens is 1. The Labute approximate surface area is 110 Å². The van der Waals surface area contributed by atoms with Gasteiger partial charge in [-0.15, -0.1) is 0 Å². The van der Waals surface area contributed by atoms with Crippen molar-refractivity contribution in [2.75, 3.05) is 0 Å². The Morgan fingerprint density at radius 3 is 2.39 bits per heavy atom. The molecule has 0 fully saturated rings. The smallest absolute Gasteiger partial charge is 0.226 e. The van der Waals surface area contributed by atoms with Crippen LogP contribution in [-0.2, 0) is 11.2 Å². The lowest BCUT2D eigenvalue weighted by Gasteiger charge is -2.33. The number of carbonyl (C=O) groups is 1. The van der Waals surface area contributed by atoms with Gasteiger partial charge in [0.1, 0.15) is 0 Å². The zero-order valence-corrected chi connectivity index (χ0v) is 12.1. The van der Waals surface area contributed by atoms with Crippen molar-refractivity contribution in [3.63, 3.8) is 0 Å². The molecule has 100 valence electrons. The fraction of sp³-hybridized carbons (Fsp3) is 0.600. The lowest BCUT2D eigenvalue weighted by Crippen LogP contribution is -2.46. The van der Waals surface area contributed by atoms with E-state index in [0.717, 1.165) is 12.1 Å². The summed E-state index contributed by atoms with van der Waals surface area (Å²) in [5, 5.41) is 3.08. The summed E-state index contributed by atoms with van der Waals surface area (Å²) < 4.78 is 0. The Morgan fingerprint density at radius 2 is 1.89 bits per heavy atom. The molecule has 0 aromatic carbocycles. The molecule has 0 bridgehead atoms. The highest BCUT2D eigenvalue weighted by Gasteiger charge is 2.26. The Morgan fingerprint density at radius 1 is 1.22 bits per heavy atom. The van der Waals surface area contributed by atoms with E-state index in [1.54, 1.807) is 6.20 Å². The zero-order valence-electron chi connectivity index (χ0n) is 12.1. The van der Waals surface area contributed by atoms with E-state index in [1.165, 1.54) is 0 Å². The molecule has 18 heavy (non-hydrogen) atoms. The van der Waals surface area contributed by atoms with Gasteiger partial charge in [-0.1, -0.05) is 26.8 Å². The molecule has 3 heteroatoms. The van der Waals surface area contributed by atoms with E-state index in [1.807, 2.05) is 18.2 Å². The van der Waals surface area contributed by atoms with Crippen molar-refractivity contribution in [2.24, 2.45) is 5.41 Å². The molecule has 1 aromatic rings. The van der Waals surface area contributed by atoms with Crippen molar-refractivity contribution in [2.45, 2.75) is 53.0 Å². The number of nitrogens with one attached hydrogen (secondary N) is 1. The second-order valence-electron chi connectivity index (χ2n) is 6.67. The predicted octanol–water partition coefficient (Wildman–Crippen LogP) is 2.96. The van der Waals surface area contributed by atoms with Crippen LogP contribution in [0.4, 0.5) is 0 Å². The largest absolute Gasteiger partial charge is 0.351 e. The molecular formula is C15H24N2O. The number of carbonyl (C=O) groups excluding carboxylic acids is 1. The van der Waals surface area contributed by atoms with Crippen LogP contribution in [0.5, 0.6) is 0 Å². The molecular weight excluding hydrogens is 224 g/mol. The maximum absolute atomic E-state index is 12.0. The molecule has 0 saturated heterocycles. The zero-order chi connectivity index (χ0) is 13.8. The van der Waals surface area contributed by atoms with Crippen molar-refractivity contribution < 1.29 is 4.79 Å². The number of hydrogen-bond donors (Lipinski definition) is 1. The molecule has 0 aliphatic rings. The first-order valence-electron chi connectivity index (χ1n) is 6.39. The second kappa shape index (κ2) is 5.51. The molecule has 1 N–H and O–H groups in total. The van der Waals surface area contributed by atoms with Gasteiger partial charge < -0.3 is 5.32 Å². The molecule has 0 radical (unpaired) electrons. The van der Waals surface area contributed by atoms with Crippen molar-refractivity contribution in [3.8, 4) is 0 Å². The number of rotatable bonds is 4. The highest BCUT2D eigenvalue weighted by molar-refractivity contribution is 5.78. The van der Waals surface area contributed by atoms with Gasteiger partial charge in [-0.25, -0.2) is 0 Å². The predicted molar refractivity (Wildman–Crippen MR) is 74.2 cm³/mol. The lowest BCUT2D eigenvalue weighted by molar-refractivity contribution is -0.122. The van der Waals surface area contributed by atoms with Crippen LogP contribution in [0, 0.1) is 5.41 Å². The molecule has 0 saturated carbocycles. The van der Waals surface area contributed by atoms with Crippen molar-refractivity contribution in [1.82, 2.24) is 10.3 Å². The maximum atomic E-state index is 12.0. The van der Waals surface area contributed by atoms with Crippen molar-refractivity contribution in [3.05, 3.63) is 30.1 Å². The Balaban J connectivity index is 2.54. The summed E-state index contributed by atoms with van der Waals surface area (Å²) in [7, 11) is 0. The van der Waals surface area contributed by atoms with Gasteiger partial charge in [0, 0.05) is 17.4 Å². The van der Waals surface area contributed by atoms with Gasteiger partial charge in [0.15, 0.2) is 0 Å². The Bertz CT molecular complexity index is 391. The first-order chi connectivity index (χ1) is 8.18. The molecule has 0 atom stereocenters. The molecule has 3 nitrogen and oxygen atoms in total. The SMILES string of the molecule is CC(C)(C)CC(C)(C)NC(=O)Cc1ccccn1. The van der Waals surface area contributed by atoms with Crippen LogP contribution in [-0.4, -0.2) is 16.4 Å². The number of pyridine rings is 1. The molecule has 1 rings (SSSR count). The lowest BCUT2D eigenvalue weighted by atomic mass is 9.82. The van der Waals surface area contributed by atoms with Gasteiger partial charge in [0.05, 0.1) is 6.42 Å². The van der Waals surface area contributed by atoms with Crippen LogP contribution in [0.3, 0.4) is 0 Å². The van der Waals surface area contributed by atoms with Gasteiger partial charge in [-0.3, -0.25) is 9.78 Å². The van der Waals surface area contributed by atoms with Crippen LogP contribution in [0.25, 0.3) is 0 Å². The maximum Gasteiger partial charge on any atom is 0.226 e. The molecule has 1 heterocycles. The normalized spacial score (nSPS) is 12.3. The van der Waals surface area contributed by atoms with Gasteiger partial charge in [0.2, 0.25) is 5.91 Å². The molecule has 0 spiro atoms. The average Bonchev–Trinajstić information content (AvgIpc) is 2.13. The van der Waals surface area contributed by atoms with Crippen LogP contribution >= 0.6 is 0 Å². The van der Waals surface area contributed by atoms with E-state index < -0.39 is 0 Å². The quantitative estimate of drug-likeness (QED) is 0.890. The molecule has 0 unspecified atom stereocenters. The minimum absolute atomic E-state index is 0.0305. The third-order valence-corrected chi connectivity index (χ3v) is 2.52. The van der Waals surface area contributed by atoms with Gasteiger partial charge in [-0.05, 0) is 37.8 Å². The van der Waals surface area contributed by atoms with Crippen LogP contribution in [0.15, 0.2) is 24.4 Å². The van der Waals surface area contributed by atoms with E-state index in [2.05, 4.69) is 44.9 Å². The summed E-state index contributed by atoms with van der Waals surface area (Å²) in [4.78, 5) is 16.1. The van der Waals surface area contributed by atoms with Crippen LogP contribution < -0.4 is 5.32 Å². The summed E-state index contributed by atoms with van der Waals surface area (Å²) in [6, 6.07) is 5.62. The summed E-state index contributed by atoms with van der Waals surface area (Å²) in [6.45, 7) is 10.7. The summed E-state index contributed by atoms with van der Waals surface area (Å²) in [6.07, 6.45) is 2.99. The molecule has 0 aliphatic carbocycles. The minimum atomic E-state index is -0.190. The van der Waals surface area contributed by atoms with E-state index in [9.17, 15) is 4.79 Å². The van der Waals surface area contributed by atoms with Crippen LogP contribution in [0.2, 0.25) is 0 Å². The highest BCUT2D eigenvalue weighted by atomic mass is 16.1. The number of nitrogens with zero attached hydrogens (tertiary/aromatic N) is 1. The Hall–Kier alpha value is -1.38. The fourth-order valence-electron chi connectivity index (χ4n) is 2.46. The van der Waals surface area contributed by atoms with E-state index in [0.29, 0.717) is 6.42 Å². The highest BCUT2D eigenvalue weighted by Crippen LogP contribution is 2.26. The van der Waals surface area contributed by atoms with E-state index in [-0.39, 0.29) is 16.9 Å². The third-order valence-electron chi connectivity index (χ3n) is 2.52. The van der Waals surface area contributed by atoms with Gasteiger partial charge >= 0.3 is 0 Å².